The van der Waals surface area contributed by atoms with Crippen LogP contribution < -0.4 is 15.4 Å². The van der Waals surface area contributed by atoms with Crippen molar-refractivity contribution in [3.8, 4) is 5.75 Å². The number of benzene rings is 1. The van der Waals surface area contributed by atoms with Crippen LogP contribution in [-0.4, -0.2) is 56.9 Å². The number of aryl methyl sites for hydroxylation is 1. The van der Waals surface area contributed by atoms with Crippen molar-refractivity contribution in [3.63, 3.8) is 0 Å². The average Bonchev–Trinajstić information content (AvgIpc) is 2.66. The van der Waals surface area contributed by atoms with Gasteiger partial charge in [0.25, 0.3) is 0 Å². The number of aliphatic imine (C=N–C) groups is 1. The van der Waals surface area contributed by atoms with Crippen molar-refractivity contribution in [1.29, 1.82) is 0 Å². The number of alkyl halides is 5. The van der Waals surface area contributed by atoms with Crippen molar-refractivity contribution in [2.45, 2.75) is 45.5 Å². The van der Waals surface area contributed by atoms with Crippen molar-refractivity contribution in [2.75, 3.05) is 33.2 Å². The zero-order valence-electron chi connectivity index (χ0n) is 17.2. The molecule has 1 fully saturated rings. The summed E-state index contributed by atoms with van der Waals surface area (Å²) in [7, 11) is 1.61. The molecule has 30 heavy (non-hydrogen) atoms. The van der Waals surface area contributed by atoms with E-state index in [1.165, 1.54) is 11.0 Å². The Balaban J connectivity index is 1.74. The highest BCUT2D eigenvalue weighted by Crippen LogP contribution is 2.24. The van der Waals surface area contributed by atoms with Gasteiger partial charge in [-0.2, -0.15) is 22.0 Å². The quantitative estimate of drug-likeness (QED) is 0.368. The Morgan fingerprint density at radius 3 is 2.53 bits per heavy atom. The number of likely N-dealkylation sites (tertiary alicyclic amines) is 1. The molecule has 0 unspecified atom stereocenters. The molecule has 0 spiro atoms. The Labute approximate surface area is 173 Å². The van der Waals surface area contributed by atoms with E-state index in [2.05, 4.69) is 20.4 Å². The van der Waals surface area contributed by atoms with Crippen LogP contribution in [0.4, 0.5) is 22.0 Å². The number of piperidine rings is 1. The molecule has 0 aromatic heterocycles. The fourth-order valence-electron chi connectivity index (χ4n) is 3.54. The molecular formula is C20H29F5N4O. The maximum Gasteiger partial charge on any atom is 0.401 e. The van der Waals surface area contributed by atoms with Crippen molar-refractivity contribution in [2.24, 2.45) is 10.9 Å². The fraction of sp³-hybridized carbons (Fsp3) is 0.650. The first-order valence-corrected chi connectivity index (χ1v) is 9.94. The third-order valence-corrected chi connectivity index (χ3v) is 5.06. The topological polar surface area (TPSA) is 48.9 Å². The van der Waals surface area contributed by atoms with E-state index in [-0.39, 0.29) is 12.3 Å². The number of rotatable bonds is 8. The molecule has 0 radical (unpaired) electrons. The zero-order chi connectivity index (χ0) is 22.1. The molecule has 1 aromatic carbocycles. The fourth-order valence-corrected chi connectivity index (χ4v) is 3.54. The molecule has 2 rings (SSSR count). The van der Waals surface area contributed by atoms with E-state index < -0.39 is 19.3 Å². The van der Waals surface area contributed by atoms with Gasteiger partial charge in [-0.05, 0) is 51.3 Å². The first-order chi connectivity index (χ1) is 14.2. The third kappa shape index (κ3) is 8.73. The van der Waals surface area contributed by atoms with E-state index >= 15 is 0 Å². The summed E-state index contributed by atoms with van der Waals surface area (Å²) in [5.74, 6) is 1.00. The van der Waals surface area contributed by atoms with Gasteiger partial charge in [0, 0.05) is 25.7 Å². The molecule has 1 saturated heterocycles. The van der Waals surface area contributed by atoms with Crippen LogP contribution in [-0.2, 0) is 6.54 Å². The Kier molecular flexibility index (Phi) is 9.13. The lowest BCUT2D eigenvalue weighted by molar-refractivity contribution is -0.148. The van der Waals surface area contributed by atoms with E-state index in [0.717, 1.165) is 24.8 Å². The molecule has 0 aliphatic carbocycles. The van der Waals surface area contributed by atoms with Crippen LogP contribution in [0.5, 0.6) is 5.75 Å². The Hall–Kier alpha value is -2.10. The largest absolute Gasteiger partial charge is 0.434 e. The maximum atomic E-state index is 12.6. The minimum Gasteiger partial charge on any atom is -0.434 e. The summed E-state index contributed by atoms with van der Waals surface area (Å²) in [5.41, 5.74) is 1.52. The van der Waals surface area contributed by atoms with E-state index in [1.54, 1.807) is 19.2 Å². The Bertz CT molecular complexity index is 688. The molecule has 0 atom stereocenters. The number of hydrogen-bond acceptors (Lipinski definition) is 3. The van der Waals surface area contributed by atoms with Gasteiger partial charge in [0.15, 0.2) is 5.96 Å². The number of nitrogens with one attached hydrogen (secondary N) is 2. The van der Waals surface area contributed by atoms with E-state index in [1.807, 2.05) is 6.92 Å². The van der Waals surface area contributed by atoms with Gasteiger partial charge in [-0.15, -0.1) is 0 Å². The monoisotopic (exact) mass is 436 g/mol. The second kappa shape index (κ2) is 11.3. The highest BCUT2D eigenvalue weighted by molar-refractivity contribution is 5.79. The first kappa shape index (κ1) is 24.2. The van der Waals surface area contributed by atoms with Crippen LogP contribution in [0.2, 0.25) is 0 Å². The minimum atomic E-state index is -4.15. The Morgan fingerprint density at radius 2 is 1.93 bits per heavy atom. The third-order valence-electron chi connectivity index (χ3n) is 5.06. The summed E-state index contributed by atoms with van der Waals surface area (Å²) >= 11 is 0. The van der Waals surface area contributed by atoms with Gasteiger partial charge < -0.3 is 15.4 Å². The smallest absolute Gasteiger partial charge is 0.401 e. The van der Waals surface area contributed by atoms with Crippen LogP contribution in [0.15, 0.2) is 23.2 Å². The molecule has 0 saturated carbocycles. The van der Waals surface area contributed by atoms with Gasteiger partial charge in [0.05, 0.1) is 6.54 Å². The van der Waals surface area contributed by atoms with Crippen molar-refractivity contribution in [1.82, 2.24) is 15.5 Å². The normalized spacial score (nSPS) is 16.7. The lowest BCUT2D eigenvalue weighted by atomic mass is 9.93. The van der Waals surface area contributed by atoms with Gasteiger partial charge >= 0.3 is 12.8 Å². The number of halogens is 5. The molecule has 0 amide bonds. The molecule has 5 nitrogen and oxygen atoms in total. The number of ether oxygens (including phenoxy) is 1. The molecule has 170 valence electrons. The highest BCUT2D eigenvalue weighted by atomic mass is 19.4. The predicted molar refractivity (Wildman–Crippen MR) is 106 cm³/mol. The molecule has 1 aliphatic rings. The van der Waals surface area contributed by atoms with E-state index in [4.69, 9.17) is 0 Å². The lowest BCUT2D eigenvalue weighted by Gasteiger charge is -2.32. The van der Waals surface area contributed by atoms with Gasteiger partial charge in [-0.3, -0.25) is 9.89 Å². The standard InChI is InChI=1S/C20H29F5N4O/c1-14-3-4-17(30-18(21)22)16(11-14)12-28-19(26-2)27-8-5-15-6-9-29(10-7-15)13-20(23,24)25/h3-4,11,15,18H,5-10,12-13H2,1-2H3,(H2,26,27,28). The van der Waals surface area contributed by atoms with Gasteiger partial charge in [-0.25, -0.2) is 0 Å². The number of guanidine groups is 1. The van der Waals surface area contributed by atoms with Crippen molar-refractivity contribution in [3.05, 3.63) is 29.3 Å². The molecule has 1 heterocycles. The summed E-state index contributed by atoms with van der Waals surface area (Å²) in [6.07, 6.45) is -1.85. The average molecular weight is 436 g/mol. The number of hydrogen-bond donors (Lipinski definition) is 2. The Morgan fingerprint density at radius 1 is 1.23 bits per heavy atom. The van der Waals surface area contributed by atoms with Gasteiger partial charge in [0.1, 0.15) is 5.75 Å². The van der Waals surface area contributed by atoms with Crippen LogP contribution >= 0.6 is 0 Å². The molecular weight excluding hydrogens is 407 g/mol. The van der Waals surface area contributed by atoms with Crippen LogP contribution in [0, 0.1) is 12.8 Å². The molecule has 1 aliphatic heterocycles. The van der Waals surface area contributed by atoms with Gasteiger partial charge in [0.2, 0.25) is 0 Å². The SMILES string of the molecule is CN=C(NCCC1CCN(CC(F)(F)F)CC1)NCc1cc(C)ccc1OC(F)F. The second-order valence-corrected chi connectivity index (χ2v) is 7.47. The van der Waals surface area contributed by atoms with E-state index in [0.29, 0.717) is 37.1 Å². The summed E-state index contributed by atoms with van der Waals surface area (Å²) in [6.45, 7) is -0.0780. The summed E-state index contributed by atoms with van der Waals surface area (Å²) in [4.78, 5) is 5.57. The number of nitrogens with zero attached hydrogens (tertiary/aromatic N) is 2. The lowest BCUT2D eigenvalue weighted by Crippen LogP contribution is -2.41. The maximum absolute atomic E-state index is 12.6. The molecule has 0 bridgehead atoms. The van der Waals surface area contributed by atoms with Crippen molar-refractivity contribution >= 4 is 5.96 Å². The second-order valence-electron chi connectivity index (χ2n) is 7.47. The summed E-state index contributed by atoms with van der Waals surface area (Å²) in [5, 5.41) is 6.25. The zero-order valence-corrected chi connectivity index (χ0v) is 17.2. The molecule has 2 N–H and O–H groups in total. The summed E-state index contributed by atoms with van der Waals surface area (Å²) in [6, 6.07) is 4.99. The summed E-state index contributed by atoms with van der Waals surface area (Å²) < 4.78 is 67.1. The first-order valence-electron chi connectivity index (χ1n) is 9.94. The van der Waals surface area contributed by atoms with Crippen LogP contribution in [0.1, 0.15) is 30.4 Å². The van der Waals surface area contributed by atoms with E-state index in [9.17, 15) is 22.0 Å². The van der Waals surface area contributed by atoms with Gasteiger partial charge in [-0.1, -0.05) is 17.7 Å². The minimum absolute atomic E-state index is 0.115. The molecule has 10 heteroatoms. The van der Waals surface area contributed by atoms with Crippen LogP contribution in [0.25, 0.3) is 0 Å². The van der Waals surface area contributed by atoms with Crippen LogP contribution in [0.3, 0.4) is 0 Å². The van der Waals surface area contributed by atoms with Crippen molar-refractivity contribution < 1.29 is 26.7 Å². The predicted octanol–water partition coefficient (Wildman–Crippen LogP) is 3.93. The highest BCUT2D eigenvalue weighted by Gasteiger charge is 2.32. The molecule has 1 aromatic rings.